The maximum atomic E-state index is 11.1. The SMILES string of the molecule is C=C(C)CCC(=O)C(C)(C)O. The molecule has 0 aliphatic carbocycles. The van der Waals surface area contributed by atoms with E-state index in [2.05, 4.69) is 6.58 Å². The van der Waals surface area contributed by atoms with E-state index in [1.165, 1.54) is 13.8 Å². The van der Waals surface area contributed by atoms with E-state index in [-0.39, 0.29) is 5.78 Å². The van der Waals surface area contributed by atoms with E-state index >= 15 is 0 Å². The summed E-state index contributed by atoms with van der Waals surface area (Å²) >= 11 is 0. The lowest BCUT2D eigenvalue weighted by atomic mass is 9.98. The zero-order valence-corrected chi connectivity index (χ0v) is 7.48. The average molecular weight is 156 g/mol. The number of hydrogen-bond acceptors (Lipinski definition) is 2. The molecule has 1 N–H and O–H groups in total. The Morgan fingerprint density at radius 1 is 1.45 bits per heavy atom. The summed E-state index contributed by atoms with van der Waals surface area (Å²) in [4.78, 5) is 11.1. The zero-order chi connectivity index (χ0) is 9.07. The van der Waals surface area contributed by atoms with Crippen molar-refractivity contribution in [2.75, 3.05) is 0 Å². The Labute approximate surface area is 67.9 Å². The quantitative estimate of drug-likeness (QED) is 0.629. The molecule has 0 spiro atoms. The molecule has 0 amide bonds. The molecular formula is C9H16O2. The fraction of sp³-hybridized carbons (Fsp3) is 0.667. The van der Waals surface area contributed by atoms with Crippen LogP contribution in [0.2, 0.25) is 0 Å². The standard InChI is InChI=1S/C9H16O2/c1-7(2)5-6-8(10)9(3,4)11/h11H,1,5-6H2,2-4H3. The molecule has 0 unspecified atom stereocenters. The highest BCUT2D eigenvalue weighted by molar-refractivity contribution is 5.86. The van der Waals surface area contributed by atoms with Crippen molar-refractivity contribution in [1.82, 2.24) is 0 Å². The van der Waals surface area contributed by atoms with Crippen molar-refractivity contribution in [3.8, 4) is 0 Å². The molecule has 0 aliphatic heterocycles. The lowest BCUT2D eigenvalue weighted by Gasteiger charge is -2.14. The molecule has 2 nitrogen and oxygen atoms in total. The van der Waals surface area contributed by atoms with Gasteiger partial charge in [0.2, 0.25) is 0 Å². The number of Topliss-reactive ketones (excluding diaryl/α,β-unsaturated/α-hetero) is 1. The maximum absolute atomic E-state index is 11.1. The second-order valence-corrected chi connectivity index (χ2v) is 3.44. The third-order valence-corrected chi connectivity index (χ3v) is 1.46. The van der Waals surface area contributed by atoms with Gasteiger partial charge in [-0.25, -0.2) is 0 Å². The first-order valence-electron chi connectivity index (χ1n) is 3.74. The molecule has 0 aliphatic rings. The van der Waals surface area contributed by atoms with Gasteiger partial charge in [-0.15, -0.1) is 6.58 Å². The number of hydrogen-bond donors (Lipinski definition) is 1. The minimum Gasteiger partial charge on any atom is -0.383 e. The molecular weight excluding hydrogens is 140 g/mol. The summed E-state index contributed by atoms with van der Waals surface area (Å²) in [5, 5.41) is 9.22. The Kier molecular flexibility index (Phi) is 3.46. The molecule has 0 saturated carbocycles. The van der Waals surface area contributed by atoms with Crippen LogP contribution >= 0.6 is 0 Å². The van der Waals surface area contributed by atoms with Gasteiger partial charge in [0.15, 0.2) is 5.78 Å². The number of rotatable bonds is 4. The monoisotopic (exact) mass is 156 g/mol. The van der Waals surface area contributed by atoms with Crippen molar-refractivity contribution in [3.63, 3.8) is 0 Å². The van der Waals surface area contributed by atoms with E-state index in [9.17, 15) is 9.90 Å². The zero-order valence-electron chi connectivity index (χ0n) is 7.48. The Balaban J connectivity index is 3.80. The molecule has 0 aromatic heterocycles. The summed E-state index contributed by atoms with van der Waals surface area (Å²) < 4.78 is 0. The minimum atomic E-state index is -1.19. The van der Waals surface area contributed by atoms with Crippen LogP contribution in [0.4, 0.5) is 0 Å². The molecule has 11 heavy (non-hydrogen) atoms. The Morgan fingerprint density at radius 2 is 1.91 bits per heavy atom. The summed E-state index contributed by atoms with van der Waals surface area (Å²) in [6.45, 7) is 8.56. The average Bonchev–Trinajstić information content (AvgIpc) is 1.80. The van der Waals surface area contributed by atoms with Crippen molar-refractivity contribution in [3.05, 3.63) is 12.2 Å². The molecule has 0 saturated heterocycles. The largest absolute Gasteiger partial charge is 0.383 e. The second kappa shape index (κ2) is 3.67. The molecule has 2 heteroatoms. The first kappa shape index (κ1) is 10.4. The van der Waals surface area contributed by atoms with Gasteiger partial charge in [0.25, 0.3) is 0 Å². The summed E-state index contributed by atoms with van der Waals surface area (Å²) in [5.74, 6) is -0.125. The molecule has 0 aromatic rings. The van der Waals surface area contributed by atoms with Gasteiger partial charge in [0.05, 0.1) is 0 Å². The van der Waals surface area contributed by atoms with E-state index in [0.29, 0.717) is 12.8 Å². The van der Waals surface area contributed by atoms with Crippen molar-refractivity contribution >= 4 is 5.78 Å². The molecule has 0 rings (SSSR count). The first-order chi connectivity index (χ1) is 4.84. The molecule has 0 radical (unpaired) electrons. The lowest BCUT2D eigenvalue weighted by molar-refractivity contribution is -0.134. The highest BCUT2D eigenvalue weighted by Gasteiger charge is 2.22. The van der Waals surface area contributed by atoms with Crippen LogP contribution < -0.4 is 0 Å². The highest BCUT2D eigenvalue weighted by Crippen LogP contribution is 2.10. The van der Waals surface area contributed by atoms with Crippen LogP contribution in [0.15, 0.2) is 12.2 Å². The summed E-state index contributed by atoms with van der Waals surface area (Å²) in [7, 11) is 0. The third kappa shape index (κ3) is 4.73. The minimum absolute atomic E-state index is 0.125. The number of allylic oxidation sites excluding steroid dienone is 1. The number of carbonyl (C=O) groups is 1. The van der Waals surface area contributed by atoms with Crippen molar-refractivity contribution in [1.29, 1.82) is 0 Å². The fourth-order valence-corrected chi connectivity index (χ4v) is 0.633. The van der Waals surface area contributed by atoms with E-state index in [1.54, 1.807) is 0 Å². The number of ketones is 1. The van der Waals surface area contributed by atoms with Gasteiger partial charge in [0, 0.05) is 6.42 Å². The Morgan fingerprint density at radius 3 is 2.18 bits per heavy atom. The summed E-state index contributed by atoms with van der Waals surface area (Å²) in [6.07, 6.45) is 1.06. The molecule has 0 aromatic carbocycles. The Bertz CT molecular complexity index is 163. The summed E-state index contributed by atoms with van der Waals surface area (Å²) in [5.41, 5.74) is -0.210. The highest BCUT2D eigenvalue weighted by atomic mass is 16.3. The molecule has 64 valence electrons. The van der Waals surface area contributed by atoms with E-state index < -0.39 is 5.60 Å². The first-order valence-corrected chi connectivity index (χ1v) is 3.74. The smallest absolute Gasteiger partial charge is 0.164 e. The third-order valence-electron chi connectivity index (χ3n) is 1.46. The normalized spacial score (nSPS) is 11.3. The Hall–Kier alpha value is -0.630. The van der Waals surface area contributed by atoms with Gasteiger partial charge >= 0.3 is 0 Å². The predicted octanol–water partition coefficient (Wildman–Crippen LogP) is 1.68. The van der Waals surface area contributed by atoms with Crippen LogP contribution in [-0.4, -0.2) is 16.5 Å². The van der Waals surface area contributed by atoms with Crippen LogP contribution in [0.25, 0.3) is 0 Å². The topological polar surface area (TPSA) is 37.3 Å². The van der Waals surface area contributed by atoms with Gasteiger partial charge < -0.3 is 5.11 Å². The van der Waals surface area contributed by atoms with Gasteiger partial charge in [-0.1, -0.05) is 5.57 Å². The van der Waals surface area contributed by atoms with Crippen molar-refractivity contribution < 1.29 is 9.90 Å². The number of carbonyl (C=O) groups excluding carboxylic acids is 1. The van der Waals surface area contributed by atoms with Gasteiger partial charge in [-0.2, -0.15) is 0 Å². The molecule has 0 atom stereocenters. The van der Waals surface area contributed by atoms with Crippen LogP contribution in [0.5, 0.6) is 0 Å². The van der Waals surface area contributed by atoms with Crippen molar-refractivity contribution in [2.24, 2.45) is 0 Å². The second-order valence-electron chi connectivity index (χ2n) is 3.44. The van der Waals surface area contributed by atoms with E-state index in [1.807, 2.05) is 6.92 Å². The van der Waals surface area contributed by atoms with E-state index in [4.69, 9.17) is 0 Å². The van der Waals surface area contributed by atoms with Crippen molar-refractivity contribution in [2.45, 2.75) is 39.2 Å². The lowest BCUT2D eigenvalue weighted by Crippen LogP contribution is -2.30. The molecule has 0 heterocycles. The number of aliphatic hydroxyl groups is 1. The molecule has 0 bridgehead atoms. The predicted molar refractivity (Wildman–Crippen MR) is 45.4 cm³/mol. The fourth-order valence-electron chi connectivity index (χ4n) is 0.633. The molecule has 0 fully saturated rings. The van der Waals surface area contributed by atoms with Gasteiger partial charge in [-0.3, -0.25) is 4.79 Å². The van der Waals surface area contributed by atoms with Crippen LogP contribution in [-0.2, 0) is 4.79 Å². The van der Waals surface area contributed by atoms with Crippen LogP contribution in [0.1, 0.15) is 33.6 Å². The van der Waals surface area contributed by atoms with Gasteiger partial charge in [0.1, 0.15) is 5.60 Å². The summed E-state index contributed by atoms with van der Waals surface area (Å²) in [6, 6.07) is 0. The van der Waals surface area contributed by atoms with Crippen LogP contribution in [0.3, 0.4) is 0 Å². The van der Waals surface area contributed by atoms with Crippen LogP contribution in [0, 0.1) is 0 Å². The van der Waals surface area contributed by atoms with Gasteiger partial charge in [-0.05, 0) is 27.2 Å². The maximum Gasteiger partial charge on any atom is 0.164 e. The van der Waals surface area contributed by atoms with E-state index in [0.717, 1.165) is 5.57 Å².